The van der Waals surface area contributed by atoms with Gasteiger partial charge in [-0.3, -0.25) is 4.79 Å². The largest absolute Gasteiger partial charge is 0.496 e. The van der Waals surface area contributed by atoms with Crippen molar-refractivity contribution in [1.82, 2.24) is 19.8 Å². The van der Waals surface area contributed by atoms with Gasteiger partial charge in [-0.2, -0.15) is 0 Å². The van der Waals surface area contributed by atoms with Crippen molar-refractivity contribution < 1.29 is 9.53 Å². The van der Waals surface area contributed by atoms with Crippen LogP contribution in [0.4, 0.5) is 5.82 Å². The number of hydrogen-bond acceptors (Lipinski definition) is 6. The van der Waals surface area contributed by atoms with Crippen LogP contribution in [0.1, 0.15) is 47.8 Å². The van der Waals surface area contributed by atoms with Crippen molar-refractivity contribution >= 4 is 11.7 Å². The van der Waals surface area contributed by atoms with E-state index in [1.807, 2.05) is 36.2 Å². The summed E-state index contributed by atoms with van der Waals surface area (Å²) in [5, 5.41) is 3.27. The summed E-state index contributed by atoms with van der Waals surface area (Å²) < 4.78 is 5.42. The number of amides is 1. The molecule has 0 spiro atoms. The standard InChI is InChI=1S/C24H33N5O2/c1-25-24-19-12-14-29(22(30)11-10-17-7-4-5-9-21(17)31-3)16-20(19)26-23(27-24)18-8-6-13-28(2)15-18/h4-5,7,9,18H,6,8,10-16H2,1-3H3,(H,25,26,27)/t18-/m1/s1. The second-order valence-electron chi connectivity index (χ2n) is 8.58. The van der Waals surface area contributed by atoms with Crippen LogP contribution in [0.2, 0.25) is 0 Å². The lowest BCUT2D eigenvalue weighted by Gasteiger charge is -2.32. The minimum absolute atomic E-state index is 0.167. The molecule has 7 nitrogen and oxygen atoms in total. The third kappa shape index (κ3) is 4.82. The Morgan fingerprint density at radius 2 is 2.10 bits per heavy atom. The summed E-state index contributed by atoms with van der Waals surface area (Å²) >= 11 is 0. The molecule has 2 aliphatic rings. The summed E-state index contributed by atoms with van der Waals surface area (Å²) in [6.45, 7) is 3.40. The molecule has 1 aromatic carbocycles. The van der Waals surface area contributed by atoms with Gasteiger partial charge in [-0.15, -0.1) is 0 Å². The van der Waals surface area contributed by atoms with Gasteiger partial charge in [-0.05, 0) is 50.9 Å². The van der Waals surface area contributed by atoms with Gasteiger partial charge in [-0.1, -0.05) is 18.2 Å². The number of para-hydroxylation sites is 1. The second kappa shape index (κ2) is 9.64. The number of anilines is 1. The van der Waals surface area contributed by atoms with E-state index in [1.165, 1.54) is 6.42 Å². The number of carbonyl (C=O) groups is 1. The van der Waals surface area contributed by atoms with E-state index in [4.69, 9.17) is 14.7 Å². The van der Waals surface area contributed by atoms with E-state index < -0.39 is 0 Å². The van der Waals surface area contributed by atoms with Gasteiger partial charge in [0, 0.05) is 38.0 Å². The molecule has 0 radical (unpaired) electrons. The fourth-order valence-corrected chi connectivity index (χ4v) is 4.74. The van der Waals surface area contributed by atoms with Crippen LogP contribution in [-0.4, -0.2) is 66.5 Å². The zero-order valence-electron chi connectivity index (χ0n) is 18.9. The highest BCUT2D eigenvalue weighted by atomic mass is 16.5. The number of ether oxygens (including phenoxy) is 1. The molecule has 2 aliphatic heterocycles. The summed E-state index contributed by atoms with van der Waals surface area (Å²) in [5.74, 6) is 3.20. The summed E-state index contributed by atoms with van der Waals surface area (Å²) in [5.41, 5.74) is 3.22. The Morgan fingerprint density at radius 3 is 2.87 bits per heavy atom. The van der Waals surface area contributed by atoms with Gasteiger partial charge in [0.25, 0.3) is 0 Å². The molecule has 2 aromatic rings. The molecule has 0 saturated carbocycles. The fourth-order valence-electron chi connectivity index (χ4n) is 4.74. The first-order valence-electron chi connectivity index (χ1n) is 11.2. The number of likely N-dealkylation sites (N-methyl/N-ethyl adjacent to an activating group) is 1. The number of fused-ring (bicyclic) bond motifs is 1. The smallest absolute Gasteiger partial charge is 0.223 e. The topological polar surface area (TPSA) is 70.6 Å². The van der Waals surface area contributed by atoms with Crippen molar-refractivity contribution in [2.24, 2.45) is 0 Å². The Labute approximate surface area is 184 Å². The normalized spacial score (nSPS) is 19.1. The van der Waals surface area contributed by atoms with Crippen molar-refractivity contribution in [2.45, 2.75) is 44.6 Å². The number of methoxy groups -OCH3 is 1. The number of benzene rings is 1. The zero-order chi connectivity index (χ0) is 21.8. The van der Waals surface area contributed by atoms with Crippen LogP contribution >= 0.6 is 0 Å². The highest BCUT2D eigenvalue weighted by Gasteiger charge is 2.28. The molecular formula is C24H33N5O2. The maximum absolute atomic E-state index is 13.0. The molecular weight excluding hydrogens is 390 g/mol. The molecule has 31 heavy (non-hydrogen) atoms. The fraction of sp³-hybridized carbons (Fsp3) is 0.542. The number of rotatable bonds is 6. The van der Waals surface area contributed by atoms with Gasteiger partial charge in [-0.25, -0.2) is 9.97 Å². The van der Waals surface area contributed by atoms with E-state index in [0.29, 0.717) is 31.8 Å². The number of carbonyl (C=O) groups excluding carboxylic acids is 1. The lowest BCUT2D eigenvalue weighted by atomic mass is 9.96. The summed E-state index contributed by atoms with van der Waals surface area (Å²) in [6, 6.07) is 7.90. The van der Waals surface area contributed by atoms with Gasteiger partial charge >= 0.3 is 0 Å². The first kappa shape index (κ1) is 21.6. The summed E-state index contributed by atoms with van der Waals surface area (Å²) in [6.07, 6.45) is 4.23. The van der Waals surface area contributed by atoms with E-state index >= 15 is 0 Å². The molecule has 3 heterocycles. The van der Waals surface area contributed by atoms with Crippen LogP contribution in [-0.2, 0) is 24.2 Å². The van der Waals surface area contributed by atoms with Crippen LogP contribution in [0.5, 0.6) is 5.75 Å². The van der Waals surface area contributed by atoms with Crippen LogP contribution in [0.25, 0.3) is 0 Å². The molecule has 1 N–H and O–H groups in total. The molecule has 166 valence electrons. The van der Waals surface area contributed by atoms with Crippen molar-refractivity contribution in [3.63, 3.8) is 0 Å². The SMILES string of the molecule is CNc1nc([C@@H]2CCCN(C)C2)nc2c1CCN(C(=O)CCc1ccccc1OC)C2. The Balaban J connectivity index is 1.47. The van der Waals surface area contributed by atoms with Gasteiger partial charge in [0.2, 0.25) is 5.91 Å². The molecule has 7 heteroatoms. The average molecular weight is 424 g/mol. The molecule has 1 saturated heterocycles. The first-order valence-corrected chi connectivity index (χ1v) is 11.2. The molecule has 0 unspecified atom stereocenters. The average Bonchev–Trinajstić information content (AvgIpc) is 2.81. The number of aromatic nitrogens is 2. The number of hydrogen-bond donors (Lipinski definition) is 1. The minimum Gasteiger partial charge on any atom is -0.496 e. The predicted octanol–water partition coefficient (Wildman–Crippen LogP) is 2.85. The summed E-state index contributed by atoms with van der Waals surface area (Å²) in [4.78, 5) is 27.1. The quantitative estimate of drug-likeness (QED) is 0.771. The molecule has 1 fully saturated rings. The van der Waals surface area contributed by atoms with E-state index in [0.717, 1.165) is 60.1 Å². The zero-order valence-corrected chi connectivity index (χ0v) is 18.9. The monoisotopic (exact) mass is 423 g/mol. The minimum atomic E-state index is 0.167. The predicted molar refractivity (Wildman–Crippen MR) is 121 cm³/mol. The van der Waals surface area contributed by atoms with Crippen LogP contribution in [0, 0.1) is 0 Å². The Hall–Kier alpha value is -2.67. The van der Waals surface area contributed by atoms with Crippen molar-refractivity contribution in [3.05, 3.63) is 46.9 Å². The molecule has 1 amide bonds. The maximum Gasteiger partial charge on any atom is 0.223 e. The number of likely N-dealkylation sites (tertiary alicyclic amines) is 1. The molecule has 4 rings (SSSR count). The molecule has 0 aliphatic carbocycles. The second-order valence-corrected chi connectivity index (χ2v) is 8.58. The van der Waals surface area contributed by atoms with Crippen LogP contribution in [0.3, 0.4) is 0 Å². The van der Waals surface area contributed by atoms with Crippen LogP contribution in [0.15, 0.2) is 24.3 Å². The molecule has 0 bridgehead atoms. The van der Waals surface area contributed by atoms with Gasteiger partial charge in [0.1, 0.15) is 17.4 Å². The first-order chi connectivity index (χ1) is 15.1. The summed E-state index contributed by atoms with van der Waals surface area (Å²) in [7, 11) is 5.75. The lowest BCUT2D eigenvalue weighted by Crippen LogP contribution is -2.38. The number of aryl methyl sites for hydroxylation is 1. The van der Waals surface area contributed by atoms with Crippen molar-refractivity contribution in [2.75, 3.05) is 46.2 Å². The maximum atomic E-state index is 13.0. The number of piperidine rings is 1. The Morgan fingerprint density at radius 1 is 1.26 bits per heavy atom. The van der Waals surface area contributed by atoms with Gasteiger partial charge < -0.3 is 19.9 Å². The van der Waals surface area contributed by atoms with Gasteiger partial charge in [0.05, 0.1) is 19.3 Å². The molecule has 1 atom stereocenters. The van der Waals surface area contributed by atoms with Crippen LogP contribution < -0.4 is 10.1 Å². The van der Waals surface area contributed by atoms with E-state index in [2.05, 4.69) is 17.3 Å². The van der Waals surface area contributed by atoms with Gasteiger partial charge in [0.15, 0.2) is 0 Å². The third-order valence-electron chi connectivity index (χ3n) is 6.46. The van der Waals surface area contributed by atoms with Crippen molar-refractivity contribution in [3.8, 4) is 5.75 Å². The van der Waals surface area contributed by atoms with E-state index in [-0.39, 0.29) is 5.91 Å². The third-order valence-corrected chi connectivity index (χ3v) is 6.46. The number of nitrogens with zero attached hydrogens (tertiary/aromatic N) is 4. The Kier molecular flexibility index (Phi) is 6.70. The molecule has 1 aromatic heterocycles. The Bertz CT molecular complexity index is 932. The lowest BCUT2D eigenvalue weighted by molar-refractivity contribution is -0.132. The highest BCUT2D eigenvalue weighted by molar-refractivity contribution is 5.77. The van der Waals surface area contributed by atoms with Crippen molar-refractivity contribution in [1.29, 1.82) is 0 Å². The highest BCUT2D eigenvalue weighted by Crippen LogP contribution is 2.30. The van der Waals surface area contributed by atoms with E-state index in [9.17, 15) is 4.79 Å². The van der Waals surface area contributed by atoms with E-state index in [1.54, 1.807) is 7.11 Å². The number of nitrogens with one attached hydrogen (secondary N) is 1.